The normalized spacial score (nSPS) is 10.5. The maximum absolute atomic E-state index is 8.79. The van der Waals surface area contributed by atoms with Crippen LogP contribution in [0.25, 0.3) is 22.3 Å². The van der Waals surface area contributed by atoms with Crippen LogP contribution in [0.4, 0.5) is 0 Å². The highest BCUT2D eigenvalue weighted by Crippen LogP contribution is 2.27. The first-order chi connectivity index (χ1) is 12.8. The lowest BCUT2D eigenvalue weighted by Gasteiger charge is -2.08. The molecule has 2 N–H and O–H groups in total. The van der Waals surface area contributed by atoms with Crippen molar-refractivity contribution in [1.29, 1.82) is 0 Å². The van der Waals surface area contributed by atoms with Crippen LogP contribution >= 0.6 is 0 Å². The van der Waals surface area contributed by atoms with Crippen molar-refractivity contribution in [1.82, 2.24) is 0 Å². The lowest BCUT2D eigenvalue weighted by Crippen LogP contribution is -2.01. The Morgan fingerprint density at radius 3 is 1.00 bits per heavy atom. The third-order valence-electron chi connectivity index (χ3n) is 3.98. The van der Waals surface area contributed by atoms with Crippen LogP contribution in [0.2, 0.25) is 0 Å². The van der Waals surface area contributed by atoms with Crippen molar-refractivity contribution in [3.63, 3.8) is 0 Å². The van der Waals surface area contributed by atoms with Gasteiger partial charge >= 0.3 is 0 Å². The summed E-state index contributed by atoms with van der Waals surface area (Å²) in [6, 6.07) is 24.0. The molecule has 4 nitrogen and oxygen atoms in total. The van der Waals surface area contributed by atoms with E-state index in [0.717, 1.165) is 33.8 Å². The molecule has 3 rings (SSSR count). The molecule has 0 aliphatic rings. The van der Waals surface area contributed by atoms with E-state index < -0.39 is 0 Å². The van der Waals surface area contributed by atoms with E-state index in [2.05, 4.69) is 24.3 Å². The summed E-state index contributed by atoms with van der Waals surface area (Å²) in [7, 11) is 0. The Hall–Kier alpha value is -2.82. The fraction of sp³-hybridized carbons (Fsp3) is 0.182. The molecule has 4 heteroatoms. The summed E-state index contributed by atoms with van der Waals surface area (Å²) in [4.78, 5) is 0. The van der Waals surface area contributed by atoms with Crippen LogP contribution in [-0.4, -0.2) is 36.6 Å². The molecule has 0 aliphatic heterocycles. The van der Waals surface area contributed by atoms with Crippen LogP contribution in [0.5, 0.6) is 11.5 Å². The second-order valence-electron chi connectivity index (χ2n) is 5.77. The lowest BCUT2D eigenvalue weighted by molar-refractivity contribution is 0.201. The molecule has 0 radical (unpaired) electrons. The predicted molar refractivity (Wildman–Crippen MR) is 102 cm³/mol. The summed E-state index contributed by atoms with van der Waals surface area (Å²) in [5.74, 6) is 1.51. The maximum atomic E-state index is 8.79. The van der Waals surface area contributed by atoms with Crippen molar-refractivity contribution < 1.29 is 19.7 Å². The van der Waals surface area contributed by atoms with E-state index in [1.807, 2.05) is 48.5 Å². The van der Waals surface area contributed by atoms with E-state index in [-0.39, 0.29) is 13.2 Å². The van der Waals surface area contributed by atoms with E-state index in [1.165, 1.54) is 0 Å². The number of hydrogen-bond acceptors (Lipinski definition) is 4. The molecule has 0 aliphatic carbocycles. The highest BCUT2D eigenvalue weighted by Gasteiger charge is 2.02. The van der Waals surface area contributed by atoms with E-state index in [1.54, 1.807) is 0 Å². The quantitative estimate of drug-likeness (QED) is 0.649. The minimum Gasteiger partial charge on any atom is -0.491 e. The monoisotopic (exact) mass is 350 g/mol. The second-order valence-corrected chi connectivity index (χ2v) is 5.77. The third-order valence-corrected chi connectivity index (χ3v) is 3.98. The number of aliphatic hydroxyl groups is 2. The molecule has 0 atom stereocenters. The highest BCUT2D eigenvalue weighted by atomic mass is 16.5. The van der Waals surface area contributed by atoms with Crippen molar-refractivity contribution in [2.24, 2.45) is 0 Å². The summed E-state index contributed by atoms with van der Waals surface area (Å²) < 4.78 is 10.8. The van der Waals surface area contributed by atoms with E-state index in [4.69, 9.17) is 19.7 Å². The summed E-state index contributed by atoms with van der Waals surface area (Å²) in [6.45, 7) is 0.630. The summed E-state index contributed by atoms with van der Waals surface area (Å²) in [6.07, 6.45) is 0. The van der Waals surface area contributed by atoms with Crippen molar-refractivity contribution >= 4 is 0 Å². The Balaban J connectivity index is 1.69. The van der Waals surface area contributed by atoms with Gasteiger partial charge in [0.25, 0.3) is 0 Å². The Morgan fingerprint density at radius 1 is 0.462 bits per heavy atom. The number of ether oxygens (including phenoxy) is 2. The van der Waals surface area contributed by atoms with Gasteiger partial charge in [0, 0.05) is 0 Å². The summed E-state index contributed by atoms with van der Waals surface area (Å²) >= 11 is 0. The van der Waals surface area contributed by atoms with Gasteiger partial charge in [0.15, 0.2) is 0 Å². The second kappa shape index (κ2) is 9.04. The Kier molecular flexibility index (Phi) is 6.25. The molecule has 26 heavy (non-hydrogen) atoms. The van der Waals surface area contributed by atoms with Crippen LogP contribution in [0.15, 0.2) is 72.8 Å². The molecule has 3 aromatic carbocycles. The van der Waals surface area contributed by atoms with Crippen LogP contribution in [0, 0.1) is 0 Å². The number of aliphatic hydroxyl groups excluding tert-OH is 2. The molecule has 0 saturated heterocycles. The number of benzene rings is 3. The first-order valence-electron chi connectivity index (χ1n) is 8.58. The Morgan fingerprint density at radius 2 is 0.731 bits per heavy atom. The van der Waals surface area contributed by atoms with Gasteiger partial charge in [-0.05, 0) is 46.5 Å². The third kappa shape index (κ3) is 4.63. The molecule has 0 saturated carbocycles. The zero-order chi connectivity index (χ0) is 18.2. The minimum atomic E-state index is 0.0117. The topological polar surface area (TPSA) is 58.9 Å². The van der Waals surface area contributed by atoms with Gasteiger partial charge in [-0.1, -0.05) is 48.5 Å². The maximum Gasteiger partial charge on any atom is 0.119 e. The molecule has 3 aromatic rings. The average molecular weight is 350 g/mol. The van der Waals surface area contributed by atoms with Crippen LogP contribution < -0.4 is 9.47 Å². The summed E-state index contributed by atoms with van der Waals surface area (Å²) in [5.41, 5.74) is 4.48. The first-order valence-corrected chi connectivity index (χ1v) is 8.58. The zero-order valence-electron chi connectivity index (χ0n) is 14.5. The smallest absolute Gasteiger partial charge is 0.119 e. The Labute approximate surface area is 153 Å². The molecule has 0 unspecified atom stereocenters. The Bertz CT molecular complexity index is 723. The lowest BCUT2D eigenvalue weighted by atomic mass is 10.0. The van der Waals surface area contributed by atoms with Gasteiger partial charge in [0.2, 0.25) is 0 Å². The summed E-state index contributed by atoms with van der Waals surface area (Å²) in [5, 5.41) is 17.6. The standard InChI is InChI=1S/C22H22O4/c23-13-15-25-21-9-5-19(6-10-21)17-1-2-18(4-3-17)20-7-11-22(12-8-20)26-16-14-24/h1-12,23-24H,13-16H2. The zero-order valence-corrected chi connectivity index (χ0v) is 14.5. The van der Waals surface area contributed by atoms with Crippen LogP contribution in [-0.2, 0) is 0 Å². The van der Waals surface area contributed by atoms with Gasteiger partial charge in [-0.3, -0.25) is 0 Å². The van der Waals surface area contributed by atoms with Gasteiger partial charge in [-0.25, -0.2) is 0 Å². The highest BCUT2D eigenvalue weighted by molar-refractivity contribution is 5.71. The molecule has 0 bridgehead atoms. The molecule has 0 spiro atoms. The van der Waals surface area contributed by atoms with Crippen LogP contribution in [0.3, 0.4) is 0 Å². The van der Waals surface area contributed by atoms with Gasteiger partial charge < -0.3 is 19.7 Å². The van der Waals surface area contributed by atoms with Gasteiger partial charge in [0.1, 0.15) is 24.7 Å². The number of hydrogen-bond donors (Lipinski definition) is 2. The SMILES string of the molecule is OCCOc1ccc(-c2ccc(-c3ccc(OCCO)cc3)cc2)cc1. The van der Waals surface area contributed by atoms with Crippen molar-refractivity contribution in [3.8, 4) is 33.8 Å². The van der Waals surface area contributed by atoms with E-state index >= 15 is 0 Å². The van der Waals surface area contributed by atoms with Gasteiger partial charge in [-0.2, -0.15) is 0 Å². The van der Waals surface area contributed by atoms with Gasteiger partial charge in [0.05, 0.1) is 13.2 Å². The van der Waals surface area contributed by atoms with Crippen LogP contribution in [0.1, 0.15) is 0 Å². The predicted octanol–water partition coefficient (Wildman–Crippen LogP) is 3.76. The largest absolute Gasteiger partial charge is 0.491 e. The molecule has 0 amide bonds. The van der Waals surface area contributed by atoms with Crippen molar-refractivity contribution in [3.05, 3.63) is 72.8 Å². The van der Waals surface area contributed by atoms with Crippen molar-refractivity contribution in [2.45, 2.75) is 0 Å². The molecule has 134 valence electrons. The molecule has 0 fully saturated rings. The van der Waals surface area contributed by atoms with E-state index in [0.29, 0.717) is 13.2 Å². The fourth-order valence-electron chi connectivity index (χ4n) is 2.67. The fourth-order valence-corrected chi connectivity index (χ4v) is 2.67. The molecule has 0 heterocycles. The molecular formula is C22H22O4. The van der Waals surface area contributed by atoms with E-state index in [9.17, 15) is 0 Å². The van der Waals surface area contributed by atoms with Gasteiger partial charge in [-0.15, -0.1) is 0 Å². The molecular weight excluding hydrogens is 328 g/mol. The molecule has 0 aromatic heterocycles. The van der Waals surface area contributed by atoms with Crippen molar-refractivity contribution in [2.75, 3.05) is 26.4 Å². The first kappa shape index (κ1) is 18.0. The average Bonchev–Trinajstić information content (AvgIpc) is 2.72. The minimum absolute atomic E-state index is 0.0117. The number of rotatable bonds is 8.